The van der Waals surface area contributed by atoms with Crippen molar-refractivity contribution in [1.29, 1.82) is 0 Å². The van der Waals surface area contributed by atoms with Crippen LogP contribution in [-0.2, 0) is 22.2 Å². The van der Waals surface area contributed by atoms with E-state index in [4.69, 9.17) is 8.85 Å². The summed E-state index contributed by atoms with van der Waals surface area (Å²) in [6.07, 6.45) is -1.40. The number of likely N-dealkylation sites (tertiary alicyclic amines) is 1. The summed E-state index contributed by atoms with van der Waals surface area (Å²) in [6.45, 7) is -1.03. The zero-order chi connectivity index (χ0) is 28.7. The molecule has 0 bridgehead atoms. The minimum atomic E-state index is -2.97. The monoisotopic (exact) mass is 506 g/mol. The van der Waals surface area contributed by atoms with Gasteiger partial charge in [0.05, 0.1) is 22.6 Å². The van der Waals surface area contributed by atoms with Crippen LogP contribution in [-0.4, -0.2) is 45.5 Å². The maximum absolute atomic E-state index is 14.8. The molecule has 192 valence electrons. The number of carbonyl (C=O) groups is 1. The van der Waals surface area contributed by atoms with Crippen molar-refractivity contribution >= 4 is 22.8 Å². The average Bonchev–Trinajstić information content (AvgIpc) is 2.90. The molecule has 36 heavy (non-hydrogen) atoms. The molecule has 1 amide bonds. The summed E-state index contributed by atoms with van der Waals surface area (Å²) in [7, 11) is 2.96. The lowest BCUT2D eigenvalue weighted by atomic mass is 9.84. The first kappa shape index (κ1) is 21.8. The molecule has 0 unspecified atom stereocenters. The Balaban J connectivity index is 1.73. The summed E-state index contributed by atoms with van der Waals surface area (Å²) in [5.41, 5.74) is -1.67. The highest BCUT2D eigenvalue weighted by Gasteiger charge is 2.40. The number of fused-ring (bicyclic) bond motifs is 1. The fraction of sp³-hybridized carbons (Fsp3) is 0.440. The summed E-state index contributed by atoms with van der Waals surface area (Å²) in [5.74, 6) is -1.74. The Morgan fingerprint density at radius 2 is 1.94 bits per heavy atom. The molecule has 8 nitrogen and oxygen atoms in total. The molecule has 1 N–H and O–H groups in total. The third-order valence-corrected chi connectivity index (χ3v) is 6.86. The van der Waals surface area contributed by atoms with E-state index in [1.54, 1.807) is 13.0 Å². The van der Waals surface area contributed by atoms with E-state index in [-0.39, 0.29) is 48.5 Å². The maximum Gasteiger partial charge on any atom is 0.266 e. The van der Waals surface area contributed by atoms with Gasteiger partial charge in [0.15, 0.2) is 0 Å². The van der Waals surface area contributed by atoms with Crippen LogP contribution in [0.5, 0.6) is 0 Å². The van der Waals surface area contributed by atoms with Gasteiger partial charge in [-0.2, -0.15) is 0 Å². The van der Waals surface area contributed by atoms with Crippen LogP contribution in [0.15, 0.2) is 35.4 Å². The summed E-state index contributed by atoms with van der Waals surface area (Å²) in [6, 6.07) is 4.58. The van der Waals surface area contributed by atoms with Crippen LogP contribution in [0.1, 0.15) is 59.9 Å². The summed E-state index contributed by atoms with van der Waals surface area (Å²) < 4.78 is 70.6. The van der Waals surface area contributed by atoms with E-state index in [1.165, 1.54) is 42.1 Å². The van der Waals surface area contributed by atoms with Crippen molar-refractivity contribution < 1.29 is 26.8 Å². The minimum absolute atomic E-state index is 0.0178. The SMILES string of the molecule is [2H]C([2H])([2H])C(=O)N1CCC(OC)(c2cc3c(N[C@H](C)c4cccc(C(F)F)c4F)ncnc3n(C)c2=O)CC1. The molecule has 3 heterocycles. The number of piperidine rings is 1. The smallest absolute Gasteiger partial charge is 0.266 e. The van der Waals surface area contributed by atoms with Gasteiger partial charge in [-0.3, -0.25) is 14.2 Å². The van der Waals surface area contributed by atoms with Gasteiger partial charge in [-0.25, -0.2) is 23.1 Å². The Bertz CT molecular complexity index is 1460. The second-order valence-electron chi connectivity index (χ2n) is 8.79. The molecule has 0 spiro atoms. The van der Waals surface area contributed by atoms with Crippen molar-refractivity contribution in [2.45, 2.75) is 44.7 Å². The van der Waals surface area contributed by atoms with Gasteiger partial charge in [-0.1, -0.05) is 18.2 Å². The van der Waals surface area contributed by atoms with Crippen LogP contribution < -0.4 is 10.9 Å². The number of hydrogen-bond acceptors (Lipinski definition) is 6. The first-order valence-corrected chi connectivity index (χ1v) is 11.3. The number of pyridine rings is 1. The number of methoxy groups -OCH3 is 1. The fourth-order valence-electron chi connectivity index (χ4n) is 4.72. The molecule has 2 aromatic heterocycles. The highest BCUT2D eigenvalue weighted by atomic mass is 19.3. The zero-order valence-corrected chi connectivity index (χ0v) is 20.0. The zero-order valence-electron chi connectivity index (χ0n) is 23.0. The van der Waals surface area contributed by atoms with Crippen molar-refractivity contribution in [3.8, 4) is 0 Å². The molecular weight excluding hydrogens is 475 g/mol. The maximum atomic E-state index is 14.8. The van der Waals surface area contributed by atoms with Gasteiger partial charge in [-0.15, -0.1) is 0 Å². The van der Waals surface area contributed by atoms with Crippen LogP contribution in [0.2, 0.25) is 0 Å². The standard InChI is InChI=1S/C25H28F3N5O3/c1-14(16-6-5-7-17(20(16)26)21(27)28)31-22-18-12-19(24(35)32(3)23(18)30-13-29-22)25(36-4)8-10-33(11-9-25)15(2)34/h5-7,12-14,21H,8-11H2,1-4H3,(H,29,30,31)/t14-/m1/s1/i2D3. The van der Waals surface area contributed by atoms with Gasteiger partial charge >= 0.3 is 0 Å². The van der Waals surface area contributed by atoms with E-state index in [0.717, 1.165) is 6.07 Å². The molecule has 11 heteroatoms. The number of nitrogens with one attached hydrogen (secondary N) is 1. The lowest BCUT2D eigenvalue weighted by molar-refractivity contribution is -0.135. The van der Waals surface area contributed by atoms with Crippen LogP contribution in [0.25, 0.3) is 11.0 Å². The van der Waals surface area contributed by atoms with Gasteiger partial charge in [0.2, 0.25) is 5.91 Å². The van der Waals surface area contributed by atoms with Gasteiger partial charge < -0.3 is 15.0 Å². The van der Waals surface area contributed by atoms with Crippen LogP contribution in [0, 0.1) is 5.82 Å². The number of amides is 1. The number of rotatable bonds is 6. The second kappa shape index (κ2) is 9.88. The van der Waals surface area contributed by atoms with Crippen molar-refractivity contribution in [3.05, 3.63) is 63.5 Å². The normalized spacial score (nSPS) is 18.0. The lowest BCUT2D eigenvalue weighted by Crippen LogP contribution is -2.48. The minimum Gasteiger partial charge on any atom is -0.373 e. The molecule has 1 aromatic carbocycles. The predicted molar refractivity (Wildman–Crippen MR) is 128 cm³/mol. The molecule has 1 saturated heterocycles. The van der Waals surface area contributed by atoms with Crippen LogP contribution in [0.3, 0.4) is 0 Å². The molecule has 0 saturated carbocycles. The van der Waals surface area contributed by atoms with Gasteiger partial charge in [0, 0.05) is 43.8 Å². The van der Waals surface area contributed by atoms with E-state index in [1.807, 2.05) is 0 Å². The number of nitrogens with zero attached hydrogens (tertiary/aromatic N) is 4. The number of aromatic nitrogens is 3. The highest BCUT2D eigenvalue weighted by molar-refractivity contribution is 5.87. The van der Waals surface area contributed by atoms with E-state index in [2.05, 4.69) is 15.3 Å². The number of halogens is 3. The Morgan fingerprint density at radius 1 is 1.25 bits per heavy atom. The van der Waals surface area contributed by atoms with E-state index in [0.29, 0.717) is 5.39 Å². The number of benzene rings is 1. The molecule has 4 rings (SSSR count). The molecule has 3 aromatic rings. The first-order chi connectivity index (χ1) is 18.3. The molecule has 1 fully saturated rings. The highest BCUT2D eigenvalue weighted by Crippen LogP contribution is 2.37. The second-order valence-corrected chi connectivity index (χ2v) is 8.79. The third-order valence-electron chi connectivity index (χ3n) is 6.86. The quantitative estimate of drug-likeness (QED) is 0.543. The molecule has 0 radical (unpaired) electrons. The van der Waals surface area contributed by atoms with E-state index >= 15 is 0 Å². The molecule has 1 aliphatic rings. The van der Waals surface area contributed by atoms with Crippen molar-refractivity contribution in [2.75, 3.05) is 25.5 Å². The summed E-state index contributed by atoms with van der Waals surface area (Å²) in [4.78, 5) is 35.4. The number of anilines is 1. The predicted octanol–water partition coefficient (Wildman–Crippen LogP) is 4.06. The summed E-state index contributed by atoms with van der Waals surface area (Å²) >= 11 is 0. The van der Waals surface area contributed by atoms with E-state index < -0.39 is 47.8 Å². The van der Waals surface area contributed by atoms with Crippen LogP contribution >= 0.6 is 0 Å². The number of aryl methyl sites for hydroxylation is 1. The number of hydrogen-bond donors (Lipinski definition) is 1. The number of alkyl halides is 2. The van der Waals surface area contributed by atoms with Crippen molar-refractivity contribution in [1.82, 2.24) is 19.4 Å². The molecule has 1 aliphatic heterocycles. The topological polar surface area (TPSA) is 89.3 Å². The number of ether oxygens (including phenoxy) is 1. The first-order valence-electron chi connectivity index (χ1n) is 12.8. The largest absolute Gasteiger partial charge is 0.373 e. The Hall–Kier alpha value is -3.47. The molecule has 0 aliphatic carbocycles. The van der Waals surface area contributed by atoms with Crippen molar-refractivity contribution in [3.63, 3.8) is 0 Å². The van der Waals surface area contributed by atoms with Gasteiger partial charge in [-0.05, 0) is 25.8 Å². The van der Waals surface area contributed by atoms with Crippen LogP contribution in [0.4, 0.5) is 19.0 Å². The third kappa shape index (κ3) is 4.43. The Kier molecular flexibility index (Phi) is 5.98. The average molecular weight is 507 g/mol. The summed E-state index contributed by atoms with van der Waals surface area (Å²) in [5, 5.41) is 3.45. The van der Waals surface area contributed by atoms with Gasteiger partial charge in [0.1, 0.15) is 29.2 Å². The Morgan fingerprint density at radius 3 is 2.58 bits per heavy atom. The molecular formula is C25H28F3N5O3. The lowest BCUT2D eigenvalue weighted by Gasteiger charge is -2.40. The van der Waals surface area contributed by atoms with Crippen molar-refractivity contribution in [2.24, 2.45) is 7.05 Å². The molecule has 1 atom stereocenters. The Labute approximate surface area is 210 Å². The van der Waals surface area contributed by atoms with Gasteiger partial charge in [0.25, 0.3) is 12.0 Å². The fourth-order valence-corrected chi connectivity index (χ4v) is 4.72. The number of carbonyl (C=O) groups excluding carboxylic acids is 1. The van der Waals surface area contributed by atoms with E-state index in [9.17, 15) is 22.8 Å².